The Kier molecular flexibility index (Phi) is 4.54. The quantitative estimate of drug-likeness (QED) is 0.436. The van der Waals surface area contributed by atoms with E-state index < -0.39 is 0 Å². The van der Waals surface area contributed by atoms with Crippen molar-refractivity contribution in [1.29, 1.82) is 0 Å². The highest BCUT2D eigenvalue weighted by Crippen LogP contribution is 2.27. The van der Waals surface area contributed by atoms with Gasteiger partial charge < -0.3 is 4.74 Å². The van der Waals surface area contributed by atoms with Crippen LogP contribution in [0.15, 0.2) is 29.4 Å². The van der Waals surface area contributed by atoms with Crippen LogP contribution in [0.3, 0.4) is 0 Å². The van der Waals surface area contributed by atoms with E-state index in [1.54, 1.807) is 25.3 Å². The van der Waals surface area contributed by atoms with Crippen molar-refractivity contribution >= 4 is 17.7 Å². The molecule has 0 aromatic heterocycles. The van der Waals surface area contributed by atoms with E-state index in [1.807, 2.05) is 12.1 Å². The third kappa shape index (κ3) is 3.20. The average Bonchev–Trinajstić information content (AvgIpc) is 2.26. The Bertz CT molecular complexity index is 411. The lowest BCUT2D eigenvalue weighted by molar-refractivity contribution is 0.414. The number of halogens is 1. The molecule has 0 spiro atoms. The second-order valence-electron chi connectivity index (χ2n) is 2.67. The van der Waals surface area contributed by atoms with Crippen LogP contribution in [-0.2, 0) is 0 Å². The van der Waals surface area contributed by atoms with Crippen LogP contribution in [0.5, 0.6) is 5.75 Å². The van der Waals surface area contributed by atoms with Gasteiger partial charge >= 0.3 is 0 Å². The molecule has 0 aliphatic heterocycles. The number of nitrogens with zero attached hydrogens (tertiary/aromatic N) is 3. The molecule has 1 aromatic rings. The summed E-state index contributed by atoms with van der Waals surface area (Å²) in [5, 5.41) is 3.99. The summed E-state index contributed by atoms with van der Waals surface area (Å²) in [5.74, 6) is 0.694. The molecule has 0 aliphatic rings. The van der Waals surface area contributed by atoms with Crippen LogP contribution in [0.25, 0.3) is 16.5 Å². The van der Waals surface area contributed by atoms with Gasteiger partial charge in [0.25, 0.3) is 0 Å². The van der Waals surface area contributed by atoms with Crippen LogP contribution in [0, 0.1) is 0 Å². The van der Waals surface area contributed by atoms with E-state index in [1.165, 1.54) is 0 Å². The first-order chi connectivity index (χ1) is 7.29. The Labute approximate surface area is 92.8 Å². The molecule has 0 saturated carbocycles. The van der Waals surface area contributed by atoms with E-state index >= 15 is 0 Å². The van der Waals surface area contributed by atoms with Crippen LogP contribution in [0.2, 0.25) is 5.02 Å². The van der Waals surface area contributed by atoms with Gasteiger partial charge in [-0.05, 0) is 17.7 Å². The van der Waals surface area contributed by atoms with Crippen molar-refractivity contribution in [2.45, 2.75) is 0 Å². The lowest BCUT2D eigenvalue weighted by Gasteiger charge is -2.05. The summed E-state index contributed by atoms with van der Waals surface area (Å²) in [5.41, 5.74) is 8.88. The molecular formula is C10H10ClN3O. The Balaban J connectivity index is 2.91. The summed E-state index contributed by atoms with van der Waals surface area (Å²) >= 11 is 5.99. The van der Waals surface area contributed by atoms with Gasteiger partial charge in [0.1, 0.15) is 5.75 Å². The van der Waals surface area contributed by atoms with Crippen LogP contribution >= 0.6 is 11.6 Å². The number of benzene rings is 1. The molecule has 1 aromatic carbocycles. The van der Waals surface area contributed by atoms with Gasteiger partial charge in [-0.2, -0.15) is 0 Å². The minimum atomic E-state index is 0.297. The lowest BCUT2D eigenvalue weighted by atomic mass is 10.2. The summed E-state index contributed by atoms with van der Waals surface area (Å²) in [7, 11) is 1.58. The number of methoxy groups -OCH3 is 1. The fraction of sp³-hybridized carbons (Fsp3) is 0.200. The summed E-state index contributed by atoms with van der Waals surface area (Å²) in [6.07, 6.45) is 3.50. The summed E-state index contributed by atoms with van der Waals surface area (Å²) in [6.45, 7) is 0.297. The molecule has 0 unspecified atom stereocenters. The van der Waals surface area contributed by atoms with E-state index in [-0.39, 0.29) is 0 Å². The minimum Gasteiger partial charge on any atom is -0.496 e. The van der Waals surface area contributed by atoms with Crippen LogP contribution in [0.4, 0.5) is 0 Å². The van der Waals surface area contributed by atoms with Gasteiger partial charge in [0.15, 0.2) is 0 Å². The minimum absolute atomic E-state index is 0.297. The molecule has 0 saturated heterocycles. The number of rotatable bonds is 4. The zero-order valence-electron chi connectivity index (χ0n) is 8.22. The van der Waals surface area contributed by atoms with Gasteiger partial charge in [0.2, 0.25) is 0 Å². The maximum atomic E-state index is 8.09. The van der Waals surface area contributed by atoms with Gasteiger partial charge in [0, 0.05) is 17.0 Å². The maximum absolute atomic E-state index is 8.09. The normalized spacial score (nSPS) is 10.0. The molecular weight excluding hydrogens is 214 g/mol. The summed E-state index contributed by atoms with van der Waals surface area (Å²) < 4.78 is 5.14. The number of hydrogen-bond donors (Lipinski definition) is 0. The van der Waals surface area contributed by atoms with Gasteiger partial charge in [-0.25, -0.2) is 0 Å². The van der Waals surface area contributed by atoms with E-state index in [2.05, 4.69) is 10.0 Å². The topological polar surface area (TPSA) is 58.0 Å². The van der Waals surface area contributed by atoms with Crippen molar-refractivity contribution in [3.8, 4) is 5.75 Å². The van der Waals surface area contributed by atoms with Crippen molar-refractivity contribution in [2.24, 2.45) is 5.11 Å². The fourth-order valence-corrected chi connectivity index (χ4v) is 1.34. The maximum Gasteiger partial charge on any atom is 0.127 e. The molecule has 15 heavy (non-hydrogen) atoms. The first-order valence-corrected chi connectivity index (χ1v) is 4.67. The Hall–Kier alpha value is -1.64. The number of azide groups is 1. The molecule has 0 atom stereocenters. The zero-order valence-corrected chi connectivity index (χ0v) is 8.98. The highest BCUT2D eigenvalue weighted by molar-refractivity contribution is 6.32. The predicted molar refractivity (Wildman–Crippen MR) is 61.1 cm³/mol. The molecule has 4 nitrogen and oxygen atoms in total. The van der Waals surface area contributed by atoms with Crippen LogP contribution in [-0.4, -0.2) is 13.7 Å². The molecule has 0 N–H and O–H groups in total. The van der Waals surface area contributed by atoms with Crippen molar-refractivity contribution in [1.82, 2.24) is 0 Å². The second kappa shape index (κ2) is 5.96. The van der Waals surface area contributed by atoms with E-state index in [0.717, 1.165) is 5.56 Å². The van der Waals surface area contributed by atoms with Gasteiger partial charge in [0.05, 0.1) is 12.1 Å². The molecule has 5 heteroatoms. The molecule has 0 heterocycles. The van der Waals surface area contributed by atoms with Gasteiger partial charge in [-0.1, -0.05) is 34.9 Å². The van der Waals surface area contributed by atoms with Crippen molar-refractivity contribution in [3.63, 3.8) is 0 Å². The Morgan fingerprint density at radius 3 is 3.07 bits per heavy atom. The van der Waals surface area contributed by atoms with Crippen molar-refractivity contribution in [3.05, 3.63) is 45.3 Å². The summed E-state index contributed by atoms with van der Waals surface area (Å²) in [6, 6.07) is 5.41. The Morgan fingerprint density at radius 1 is 1.60 bits per heavy atom. The zero-order chi connectivity index (χ0) is 11.1. The van der Waals surface area contributed by atoms with Crippen LogP contribution in [0.1, 0.15) is 5.56 Å². The third-order valence-corrected chi connectivity index (χ3v) is 2.10. The monoisotopic (exact) mass is 223 g/mol. The largest absolute Gasteiger partial charge is 0.496 e. The Morgan fingerprint density at radius 2 is 2.40 bits per heavy atom. The SMILES string of the molecule is COc1cccc(Cl)c1C=CCN=[N+]=[N-]. The molecule has 1 rings (SSSR count). The molecule has 0 radical (unpaired) electrons. The van der Waals surface area contributed by atoms with E-state index in [9.17, 15) is 0 Å². The first kappa shape index (κ1) is 11.4. The third-order valence-electron chi connectivity index (χ3n) is 1.77. The summed E-state index contributed by atoms with van der Waals surface area (Å²) in [4.78, 5) is 2.64. The van der Waals surface area contributed by atoms with Crippen LogP contribution < -0.4 is 4.74 Å². The van der Waals surface area contributed by atoms with Crippen molar-refractivity contribution < 1.29 is 4.74 Å². The standard InChI is InChI=1S/C10H10ClN3O/c1-15-10-6-2-5-9(11)8(10)4-3-7-13-14-12/h2-6H,7H2,1H3. The smallest absolute Gasteiger partial charge is 0.127 e. The fourth-order valence-electron chi connectivity index (χ4n) is 1.11. The molecule has 78 valence electrons. The number of hydrogen-bond acceptors (Lipinski definition) is 2. The molecule has 0 bridgehead atoms. The lowest BCUT2D eigenvalue weighted by Crippen LogP contribution is -1.87. The van der Waals surface area contributed by atoms with E-state index in [0.29, 0.717) is 17.3 Å². The highest BCUT2D eigenvalue weighted by atomic mass is 35.5. The van der Waals surface area contributed by atoms with Gasteiger partial charge in [-0.15, -0.1) is 0 Å². The van der Waals surface area contributed by atoms with Gasteiger partial charge in [-0.3, -0.25) is 0 Å². The second-order valence-corrected chi connectivity index (χ2v) is 3.08. The average molecular weight is 224 g/mol. The molecule has 0 aliphatic carbocycles. The number of ether oxygens (including phenoxy) is 1. The highest BCUT2D eigenvalue weighted by Gasteiger charge is 2.02. The van der Waals surface area contributed by atoms with Crippen molar-refractivity contribution in [2.75, 3.05) is 13.7 Å². The molecule has 0 amide bonds. The molecule has 0 fully saturated rings. The predicted octanol–water partition coefficient (Wildman–Crippen LogP) is 3.67. The van der Waals surface area contributed by atoms with E-state index in [4.69, 9.17) is 21.9 Å². The first-order valence-electron chi connectivity index (χ1n) is 4.29.